The molecule has 0 saturated heterocycles. The Labute approximate surface area is 115 Å². The Balaban J connectivity index is 1.87. The molecule has 1 aliphatic carbocycles. The van der Waals surface area contributed by atoms with Gasteiger partial charge in [-0.05, 0) is 47.2 Å². The van der Waals surface area contributed by atoms with Crippen molar-refractivity contribution in [3.8, 4) is 23.0 Å². The Morgan fingerprint density at radius 2 is 1.84 bits per heavy atom. The largest absolute Gasteiger partial charge is 0.0979 e. The monoisotopic (exact) mass is 246 g/mol. The summed E-state index contributed by atoms with van der Waals surface area (Å²) in [6.45, 7) is 2.20. The van der Waals surface area contributed by atoms with Gasteiger partial charge in [-0.1, -0.05) is 55.5 Å². The van der Waals surface area contributed by atoms with Gasteiger partial charge in [-0.15, -0.1) is 0 Å². The highest BCUT2D eigenvalue weighted by molar-refractivity contribution is 5.77. The summed E-state index contributed by atoms with van der Waals surface area (Å²) in [5.41, 5.74) is 6.79. The number of hydrogen-bond donors (Lipinski definition) is 0. The molecule has 0 saturated carbocycles. The van der Waals surface area contributed by atoms with E-state index < -0.39 is 0 Å². The summed E-state index contributed by atoms with van der Waals surface area (Å²) in [6, 6.07) is 15.3. The van der Waals surface area contributed by atoms with Gasteiger partial charge in [0.2, 0.25) is 0 Å². The molecule has 0 unspecified atom stereocenters. The van der Waals surface area contributed by atoms with Crippen LogP contribution >= 0.6 is 0 Å². The zero-order valence-electron chi connectivity index (χ0n) is 11.4. The van der Waals surface area contributed by atoms with E-state index in [9.17, 15) is 0 Å². The third-order valence-electron chi connectivity index (χ3n) is 3.68. The Kier molecular flexibility index (Phi) is 3.38. The third kappa shape index (κ3) is 2.42. The molecular formula is C19H18. The van der Waals surface area contributed by atoms with Gasteiger partial charge in [0.15, 0.2) is 0 Å². The molecule has 0 spiro atoms. The van der Waals surface area contributed by atoms with Crippen molar-refractivity contribution in [2.24, 2.45) is 0 Å². The van der Waals surface area contributed by atoms with E-state index in [2.05, 4.69) is 61.2 Å². The quantitative estimate of drug-likeness (QED) is 0.450. The summed E-state index contributed by atoms with van der Waals surface area (Å²) < 4.78 is 0. The number of unbranched alkanes of at least 4 members (excludes halogenated alkanes) is 2. The van der Waals surface area contributed by atoms with Crippen molar-refractivity contribution in [3.63, 3.8) is 0 Å². The van der Waals surface area contributed by atoms with Crippen LogP contribution in [0.4, 0.5) is 0 Å². The van der Waals surface area contributed by atoms with Crippen LogP contribution in [0.25, 0.3) is 11.1 Å². The number of rotatable bonds is 2. The molecule has 0 fully saturated rings. The van der Waals surface area contributed by atoms with E-state index in [0.717, 1.165) is 18.4 Å². The first-order valence-corrected chi connectivity index (χ1v) is 7.08. The fraction of sp³-hybridized carbons (Fsp3) is 0.263. The molecule has 0 bridgehead atoms. The number of benzene rings is 2. The molecular weight excluding hydrogens is 228 g/mol. The van der Waals surface area contributed by atoms with E-state index >= 15 is 0 Å². The molecule has 0 N–H and O–H groups in total. The smallest absolute Gasteiger partial charge is 0.0248 e. The molecule has 2 aromatic carbocycles. The highest BCUT2D eigenvalue weighted by Gasteiger charge is 2.17. The van der Waals surface area contributed by atoms with Crippen molar-refractivity contribution in [1.82, 2.24) is 0 Å². The maximum atomic E-state index is 3.29. The van der Waals surface area contributed by atoms with Crippen molar-refractivity contribution in [3.05, 3.63) is 59.2 Å². The van der Waals surface area contributed by atoms with Crippen LogP contribution in [-0.4, -0.2) is 0 Å². The van der Waals surface area contributed by atoms with Crippen LogP contribution in [-0.2, 0) is 6.42 Å². The van der Waals surface area contributed by atoms with Gasteiger partial charge in [0, 0.05) is 12.0 Å². The highest BCUT2D eigenvalue weighted by atomic mass is 14.2. The third-order valence-corrected chi connectivity index (χ3v) is 3.68. The second-order valence-electron chi connectivity index (χ2n) is 5.11. The summed E-state index contributed by atoms with van der Waals surface area (Å²) in [6.07, 6.45) is 4.47. The normalized spacial score (nSPS) is 11.4. The van der Waals surface area contributed by atoms with Crippen molar-refractivity contribution < 1.29 is 0 Å². The summed E-state index contributed by atoms with van der Waals surface area (Å²) in [5.74, 6) is 6.55. The molecule has 0 atom stereocenters. The van der Waals surface area contributed by atoms with Crippen LogP contribution in [0.1, 0.15) is 42.9 Å². The Morgan fingerprint density at radius 3 is 2.74 bits per heavy atom. The van der Waals surface area contributed by atoms with E-state index in [4.69, 9.17) is 0 Å². The van der Waals surface area contributed by atoms with Crippen molar-refractivity contribution in [2.45, 2.75) is 32.6 Å². The second kappa shape index (κ2) is 5.33. The minimum Gasteiger partial charge on any atom is -0.0979 e. The van der Waals surface area contributed by atoms with Gasteiger partial charge in [-0.2, -0.15) is 0 Å². The highest BCUT2D eigenvalue weighted by Crippen LogP contribution is 2.36. The van der Waals surface area contributed by atoms with Crippen LogP contribution < -0.4 is 0 Å². The minimum atomic E-state index is 1.01. The lowest BCUT2D eigenvalue weighted by Gasteiger charge is -2.00. The van der Waals surface area contributed by atoms with Gasteiger partial charge in [0.05, 0.1) is 0 Å². The Morgan fingerprint density at radius 1 is 1.00 bits per heavy atom. The van der Waals surface area contributed by atoms with E-state index in [0.29, 0.717) is 0 Å². The molecule has 0 amide bonds. The van der Waals surface area contributed by atoms with Crippen molar-refractivity contribution in [1.29, 1.82) is 0 Å². The molecule has 2 aromatic rings. The lowest BCUT2D eigenvalue weighted by Crippen LogP contribution is -1.82. The van der Waals surface area contributed by atoms with Gasteiger partial charge in [-0.25, -0.2) is 0 Å². The van der Waals surface area contributed by atoms with E-state index in [1.165, 1.54) is 35.1 Å². The van der Waals surface area contributed by atoms with Crippen molar-refractivity contribution in [2.75, 3.05) is 0 Å². The number of hydrogen-bond acceptors (Lipinski definition) is 0. The van der Waals surface area contributed by atoms with Gasteiger partial charge in [0.25, 0.3) is 0 Å². The molecule has 94 valence electrons. The van der Waals surface area contributed by atoms with Crippen LogP contribution in [0, 0.1) is 11.8 Å². The minimum absolute atomic E-state index is 1.01. The van der Waals surface area contributed by atoms with Crippen molar-refractivity contribution >= 4 is 0 Å². The van der Waals surface area contributed by atoms with Crippen LogP contribution in [0.5, 0.6) is 0 Å². The van der Waals surface area contributed by atoms with Gasteiger partial charge in [0.1, 0.15) is 0 Å². The average molecular weight is 246 g/mol. The fourth-order valence-electron chi connectivity index (χ4n) is 2.65. The maximum absolute atomic E-state index is 3.29. The second-order valence-corrected chi connectivity index (χ2v) is 5.11. The molecule has 1 aliphatic rings. The van der Waals surface area contributed by atoms with E-state index in [1.54, 1.807) is 0 Å². The first kappa shape index (κ1) is 12.1. The molecule has 0 heteroatoms. The maximum Gasteiger partial charge on any atom is 0.0248 e. The molecule has 0 aromatic heterocycles. The molecule has 19 heavy (non-hydrogen) atoms. The summed E-state index contributed by atoms with van der Waals surface area (Å²) >= 11 is 0. The lowest BCUT2D eigenvalue weighted by atomic mass is 10.0. The topological polar surface area (TPSA) is 0 Å². The molecule has 0 nitrogen and oxygen atoms in total. The Hall–Kier alpha value is -2.00. The van der Waals surface area contributed by atoms with Gasteiger partial charge >= 0.3 is 0 Å². The van der Waals surface area contributed by atoms with Gasteiger partial charge < -0.3 is 0 Å². The Bertz CT molecular complexity index is 653. The van der Waals surface area contributed by atoms with Crippen LogP contribution in [0.15, 0.2) is 42.5 Å². The number of fused-ring (bicyclic) bond motifs is 3. The molecule has 0 aliphatic heterocycles. The predicted molar refractivity (Wildman–Crippen MR) is 81.1 cm³/mol. The SMILES string of the molecule is CCCCC#Cc1ccc2c(c1)Cc1ccccc1-2. The summed E-state index contributed by atoms with van der Waals surface area (Å²) in [5, 5.41) is 0. The molecule has 3 rings (SSSR count). The first-order valence-electron chi connectivity index (χ1n) is 7.08. The molecule has 0 heterocycles. The fourth-order valence-corrected chi connectivity index (χ4v) is 2.65. The van der Waals surface area contributed by atoms with Gasteiger partial charge in [-0.3, -0.25) is 0 Å². The lowest BCUT2D eigenvalue weighted by molar-refractivity contribution is 0.828. The van der Waals surface area contributed by atoms with E-state index in [1.807, 2.05) is 0 Å². The van der Waals surface area contributed by atoms with Crippen LogP contribution in [0.3, 0.4) is 0 Å². The predicted octanol–water partition coefficient (Wildman–Crippen LogP) is 4.80. The van der Waals surface area contributed by atoms with E-state index in [-0.39, 0.29) is 0 Å². The first-order chi connectivity index (χ1) is 9.38. The zero-order chi connectivity index (χ0) is 13.1. The standard InChI is InChI=1S/C19H18/c1-2-3-4-5-8-15-11-12-19-17(13-15)14-16-9-6-7-10-18(16)19/h6-7,9-13H,2-4,14H2,1H3. The average Bonchev–Trinajstić information content (AvgIpc) is 2.81. The summed E-state index contributed by atoms with van der Waals surface area (Å²) in [4.78, 5) is 0. The zero-order valence-corrected chi connectivity index (χ0v) is 11.4. The summed E-state index contributed by atoms with van der Waals surface area (Å²) in [7, 11) is 0. The van der Waals surface area contributed by atoms with Crippen LogP contribution in [0.2, 0.25) is 0 Å². The molecule has 0 radical (unpaired) electrons.